The number of anilines is 1. The minimum absolute atomic E-state index is 0.138. The number of aryl methyl sites for hydroxylation is 2. The first-order valence-electron chi connectivity index (χ1n) is 6.87. The van der Waals surface area contributed by atoms with Gasteiger partial charge >= 0.3 is 0 Å². The highest BCUT2D eigenvalue weighted by Gasteiger charge is 2.08. The fourth-order valence-corrected chi connectivity index (χ4v) is 2.16. The SMILES string of the molecule is Cc1cc(F)cc(C(=O)Nc2cccc(CCCO)c2)c1. The molecule has 0 bridgehead atoms. The number of carbonyl (C=O) groups is 1. The van der Waals surface area contributed by atoms with Gasteiger partial charge in [0.25, 0.3) is 5.91 Å². The number of carbonyl (C=O) groups excluding carboxylic acids is 1. The Bertz CT molecular complexity index is 620. The smallest absolute Gasteiger partial charge is 0.255 e. The van der Waals surface area contributed by atoms with Crippen LogP contribution in [0.1, 0.15) is 27.9 Å². The number of rotatable bonds is 5. The molecule has 0 radical (unpaired) electrons. The van der Waals surface area contributed by atoms with Crippen LogP contribution in [0.25, 0.3) is 0 Å². The summed E-state index contributed by atoms with van der Waals surface area (Å²) in [6.07, 6.45) is 1.43. The molecule has 2 aromatic rings. The topological polar surface area (TPSA) is 49.3 Å². The normalized spacial score (nSPS) is 10.4. The van der Waals surface area contributed by atoms with E-state index in [0.717, 1.165) is 12.0 Å². The van der Waals surface area contributed by atoms with Crippen molar-refractivity contribution in [2.75, 3.05) is 11.9 Å². The second kappa shape index (κ2) is 6.99. The van der Waals surface area contributed by atoms with Crippen LogP contribution in [-0.4, -0.2) is 17.6 Å². The van der Waals surface area contributed by atoms with Crippen LogP contribution >= 0.6 is 0 Å². The average molecular weight is 287 g/mol. The van der Waals surface area contributed by atoms with Crippen molar-refractivity contribution in [3.63, 3.8) is 0 Å². The van der Waals surface area contributed by atoms with E-state index in [2.05, 4.69) is 5.32 Å². The number of aliphatic hydroxyl groups is 1. The molecule has 0 atom stereocenters. The Morgan fingerprint density at radius 2 is 2.05 bits per heavy atom. The summed E-state index contributed by atoms with van der Waals surface area (Å²) in [4.78, 5) is 12.1. The minimum Gasteiger partial charge on any atom is -0.396 e. The van der Waals surface area contributed by atoms with E-state index in [0.29, 0.717) is 23.2 Å². The third kappa shape index (κ3) is 4.39. The molecule has 0 aliphatic heterocycles. The molecular formula is C17H18FNO2. The van der Waals surface area contributed by atoms with Crippen LogP contribution in [0, 0.1) is 12.7 Å². The summed E-state index contributed by atoms with van der Waals surface area (Å²) in [7, 11) is 0. The quantitative estimate of drug-likeness (QED) is 0.886. The molecule has 0 saturated carbocycles. The maximum absolute atomic E-state index is 13.3. The van der Waals surface area contributed by atoms with Crippen LogP contribution < -0.4 is 5.32 Å². The van der Waals surface area contributed by atoms with Gasteiger partial charge in [-0.2, -0.15) is 0 Å². The van der Waals surface area contributed by atoms with Crippen molar-refractivity contribution in [1.29, 1.82) is 0 Å². The van der Waals surface area contributed by atoms with Gasteiger partial charge in [0.1, 0.15) is 5.82 Å². The van der Waals surface area contributed by atoms with Gasteiger partial charge in [-0.15, -0.1) is 0 Å². The van der Waals surface area contributed by atoms with Crippen molar-refractivity contribution in [3.8, 4) is 0 Å². The number of aliphatic hydroxyl groups excluding tert-OH is 1. The maximum Gasteiger partial charge on any atom is 0.255 e. The summed E-state index contributed by atoms with van der Waals surface area (Å²) in [6.45, 7) is 1.88. The van der Waals surface area contributed by atoms with Crippen LogP contribution in [0.2, 0.25) is 0 Å². The molecule has 21 heavy (non-hydrogen) atoms. The van der Waals surface area contributed by atoms with Gasteiger partial charge in [0.05, 0.1) is 0 Å². The molecule has 0 aliphatic rings. The van der Waals surface area contributed by atoms with Crippen LogP contribution in [0.3, 0.4) is 0 Å². The standard InChI is InChI=1S/C17H18FNO2/c1-12-8-14(11-15(18)9-12)17(21)19-16-6-2-4-13(10-16)5-3-7-20/h2,4,6,8-11,20H,3,5,7H2,1H3,(H,19,21). The van der Waals surface area contributed by atoms with E-state index < -0.39 is 5.82 Å². The molecule has 0 spiro atoms. The molecule has 4 heteroatoms. The van der Waals surface area contributed by atoms with Crippen molar-refractivity contribution in [1.82, 2.24) is 0 Å². The van der Waals surface area contributed by atoms with E-state index in [-0.39, 0.29) is 12.5 Å². The third-order valence-corrected chi connectivity index (χ3v) is 3.11. The van der Waals surface area contributed by atoms with Gasteiger partial charge in [-0.05, 0) is 61.2 Å². The molecular weight excluding hydrogens is 269 g/mol. The molecule has 3 nitrogen and oxygen atoms in total. The first-order valence-corrected chi connectivity index (χ1v) is 6.87. The van der Waals surface area contributed by atoms with Crippen LogP contribution in [-0.2, 0) is 6.42 Å². The molecule has 1 amide bonds. The van der Waals surface area contributed by atoms with E-state index in [1.807, 2.05) is 18.2 Å². The molecule has 0 heterocycles. The number of amides is 1. The zero-order valence-corrected chi connectivity index (χ0v) is 11.9. The summed E-state index contributed by atoms with van der Waals surface area (Å²) in [5, 5.41) is 11.6. The molecule has 0 aromatic heterocycles. The van der Waals surface area contributed by atoms with E-state index >= 15 is 0 Å². The highest BCUT2D eigenvalue weighted by Crippen LogP contribution is 2.15. The fraction of sp³-hybridized carbons (Fsp3) is 0.235. The van der Waals surface area contributed by atoms with Gasteiger partial charge in [0.15, 0.2) is 0 Å². The molecule has 2 aromatic carbocycles. The maximum atomic E-state index is 13.3. The Labute approximate surface area is 123 Å². The van der Waals surface area contributed by atoms with Crippen molar-refractivity contribution in [3.05, 3.63) is 65.0 Å². The summed E-state index contributed by atoms with van der Waals surface area (Å²) in [6, 6.07) is 11.7. The number of benzene rings is 2. The summed E-state index contributed by atoms with van der Waals surface area (Å²) < 4.78 is 13.3. The largest absolute Gasteiger partial charge is 0.396 e. The number of halogens is 1. The van der Waals surface area contributed by atoms with Crippen molar-refractivity contribution >= 4 is 11.6 Å². The second-order valence-corrected chi connectivity index (χ2v) is 5.00. The molecule has 0 fully saturated rings. The first kappa shape index (κ1) is 15.2. The number of nitrogens with one attached hydrogen (secondary N) is 1. The van der Waals surface area contributed by atoms with Gasteiger partial charge in [0, 0.05) is 17.9 Å². The lowest BCUT2D eigenvalue weighted by Gasteiger charge is -2.08. The molecule has 0 saturated heterocycles. The predicted octanol–water partition coefficient (Wildman–Crippen LogP) is 3.31. The molecule has 2 rings (SSSR count). The highest BCUT2D eigenvalue weighted by atomic mass is 19.1. The average Bonchev–Trinajstić information content (AvgIpc) is 2.44. The first-order chi connectivity index (χ1) is 10.1. The minimum atomic E-state index is -0.420. The summed E-state index contributed by atoms with van der Waals surface area (Å²) >= 11 is 0. The van der Waals surface area contributed by atoms with Crippen LogP contribution in [0.4, 0.5) is 10.1 Å². The summed E-state index contributed by atoms with van der Waals surface area (Å²) in [5.74, 6) is -0.756. The van der Waals surface area contributed by atoms with Crippen molar-refractivity contribution in [2.24, 2.45) is 0 Å². The van der Waals surface area contributed by atoms with Crippen LogP contribution in [0.5, 0.6) is 0 Å². The Morgan fingerprint density at radius 1 is 1.24 bits per heavy atom. The van der Waals surface area contributed by atoms with Crippen molar-refractivity contribution < 1.29 is 14.3 Å². The van der Waals surface area contributed by atoms with E-state index in [1.165, 1.54) is 12.1 Å². The summed E-state index contributed by atoms with van der Waals surface area (Å²) in [5.41, 5.74) is 2.71. The van der Waals surface area contributed by atoms with Gasteiger partial charge in [-0.3, -0.25) is 4.79 Å². The van der Waals surface area contributed by atoms with E-state index in [1.54, 1.807) is 19.1 Å². The molecule has 0 aliphatic carbocycles. The zero-order valence-electron chi connectivity index (χ0n) is 11.9. The second-order valence-electron chi connectivity index (χ2n) is 5.00. The Morgan fingerprint density at radius 3 is 2.76 bits per heavy atom. The highest BCUT2D eigenvalue weighted by molar-refractivity contribution is 6.04. The third-order valence-electron chi connectivity index (χ3n) is 3.11. The zero-order chi connectivity index (χ0) is 15.2. The number of hydrogen-bond acceptors (Lipinski definition) is 2. The van der Waals surface area contributed by atoms with Gasteiger partial charge in [-0.1, -0.05) is 12.1 Å². The lowest BCUT2D eigenvalue weighted by Crippen LogP contribution is -2.12. The fourth-order valence-electron chi connectivity index (χ4n) is 2.16. The molecule has 110 valence electrons. The van der Waals surface area contributed by atoms with Gasteiger partial charge < -0.3 is 10.4 Å². The molecule has 0 unspecified atom stereocenters. The Kier molecular flexibility index (Phi) is 5.06. The Balaban J connectivity index is 2.11. The number of hydrogen-bond donors (Lipinski definition) is 2. The van der Waals surface area contributed by atoms with E-state index in [4.69, 9.17) is 5.11 Å². The Hall–Kier alpha value is -2.20. The van der Waals surface area contributed by atoms with Crippen LogP contribution in [0.15, 0.2) is 42.5 Å². The lowest BCUT2D eigenvalue weighted by molar-refractivity contribution is 0.102. The lowest BCUT2D eigenvalue weighted by atomic mass is 10.1. The van der Waals surface area contributed by atoms with Gasteiger partial charge in [-0.25, -0.2) is 4.39 Å². The van der Waals surface area contributed by atoms with Crippen molar-refractivity contribution in [2.45, 2.75) is 19.8 Å². The molecule has 2 N–H and O–H groups in total. The monoisotopic (exact) mass is 287 g/mol. The van der Waals surface area contributed by atoms with E-state index in [9.17, 15) is 9.18 Å². The predicted molar refractivity (Wildman–Crippen MR) is 80.9 cm³/mol. The van der Waals surface area contributed by atoms with Gasteiger partial charge in [0.2, 0.25) is 0 Å².